The fraction of sp³-hybridized carbons (Fsp3) is 0.462. The molecule has 1 aliphatic heterocycles. The van der Waals surface area contributed by atoms with Crippen LogP contribution in [0.15, 0.2) is 24.3 Å². The lowest BCUT2D eigenvalue weighted by Crippen LogP contribution is -2.40. The highest BCUT2D eigenvalue weighted by Crippen LogP contribution is 2.14. The molecular weight excluding hydrogens is 233 g/mol. The van der Waals surface area contributed by atoms with Gasteiger partial charge in [-0.15, -0.1) is 0 Å². The maximum atomic E-state index is 12.8. The maximum absolute atomic E-state index is 12.8. The van der Waals surface area contributed by atoms with E-state index in [9.17, 15) is 9.18 Å². The zero-order valence-electron chi connectivity index (χ0n) is 10.4. The molecule has 2 rings (SSSR count). The molecule has 1 fully saturated rings. The quantitative estimate of drug-likeness (QED) is 0.839. The van der Waals surface area contributed by atoms with E-state index in [1.54, 1.807) is 17.0 Å². The van der Waals surface area contributed by atoms with Gasteiger partial charge in [0.2, 0.25) is 0 Å². The largest absolute Gasteiger partial charge is 0.331 e. The lowest BCUT2D eigenvalue weighted by atomic mass is 10.1. The van der Waals surface area contributed by atoms with Crippen LogP contribution in [-0.2, 0) is 0 Å². The molecule has 1 saturated heterocycles. The van der Waals surface area contributed by atoms with Crippen LogP contribution in [0.1, 0.15) is 24.9 Å². The number of benzene rings is 1. The molecule has 5 heteroatoms. The van der Waals surface area contributed by atoms with E-state index in [-0.39, 0.29) is 23.9 Å². The minimum absolute atomic E-state index is 0.0804. The van der Waals surface area contributed by atoms with Gasteiger partial charge in [0, 0.05) is 19.1 Å². The third-order valence-corrected chi connectivity index (χ3v) is 3.22. The van der Waals surface area contributed by atoms with Crippen LogP contribution in [0.5, 0.6) is 0 Å². The van der Waals surface area contributed by atoms with Gasteiger partial charge >= 0.3 is 6.03 Å². The first kappa shape index (κ1) is 12.8. The Balaban J connectivity index is 1.92. The van der Waals surface area contributed by atoms with Crippen molar-refractivity contribution in [3.63, 3.8) is 0 Å². The fourth-order valence-electron chi connectivity index (χ4n) is 2.08. The van der Waals surface area contributed by atoms with Crippen LogP contribution in [0.2, 0.25) is 0 Å². The smallest absolute Gasteiger partial charge is 0.317 e. The molecule has 0 radical (unpaired) electrons. The fourth-order valence-corrected chi connectivity index (χ4v) is 2.08. The van der Waals surface area contributed by atoms with Gasteiger partial charge < -0.3 is 16.0 Å². The number of amides is 2. The molecule has 1 heterocycles. The highest BCUT2D eigenvalue weighted by atomic mass is 19.1. The molecule has 4 nitrogen and oxygen atoms in total. The van der Waals surface area contributed by atoms with E-state index in [1.807, 2.05) is 6.92 Å². The molecule has 0 aliphatic carbocycles. The number of likely N-dealkylation sites (tertiary alicyclic amines) is 1. The normalized spacial score (nSPS) is 20.8. The third-order valence-electron chi connectivity index (χ3n) is 3.22. The average molecular weight is 251 g/mol. The van der Waals surface area contributed by atoms with Crippen molar-refractivity contribution in [1.82, 2.24) is 10.2 Å². The zero-order chi connectivity index (χ0) is 13.1. The van der Waals surface area contributed by atoms with E-state index in [2.05, 4.69) is 5.32 Å². The Hall–Kier alpha value is -1.62. The first-order valence-corrected chi connectivity index (χ1v) is 6.13. The number of urea groups is 1. The van der Waals surface area contributed by atoms with Gasteiger partial charge in [-0.3, -0.25) is 0 Å². The molecule has 1 aromatic carbocycles. The molecule has 2 amide bonds. The van der Waals surface area contributed by atoms with E-state index < -0.39 is 0 Å². The zero-order valence-corrected chi connectivity index (χ0v) is 10.4. The molecule has 0 saturated carbocycles. The summed E-state index contributed by atoms with van der Waals surface area (Å²) in [5.74, 6) is -0.275. The van der Waals surface area contributed by atoms with Gasteiger partial charge in [0.15, 0.2) is 0 Å². The summed E-state index contributed by atoms with van der Waals surface area (Å²) in [6.07, 6.45) is 0.846. The number of nitrogens with zero attached hydrogens (tertiary/aromatic N) is 1. The SMILES string of the molecule is C[C@@H](NC(=O)N1CC[C@H](N)C1)c1ccc(F)cc1. The Morgan fingerprint density at radius 2 is 2.17 bits per heavy atom. The van der Waals surface area contributed by atoms with Gasteiger partial charge in [-0.05, 0) is 31.0 Å². The van der Waals surface area contributed by atoms with Crippen molar-refractivity contribution in [3.8, 4) is 0 Å². The minimum Gasteiger partial charge on any atom is -0.331 e. The molecular formula is C13H18FN3O. The van der Waals surface area contributed by atoms with Gasteiger partial charge in [-0.25, -0.2) is 9.18 Å². The van der Waals surface area contributed by atoms with E-state index in [0.29, 0.717) is 13.1 Å². The predicted octanol–water partition coefficient (Wildman–Crippen LogP) is 1.63. The molecule has 0 unspecified atom stereocenters. The van der Waals surface area contributed by atoms with Gasteiger partial charge in [-0.1, -0.05) is 12.1 Å². The number of rotatable bonds is 2. The second-order valence-electron chi connectivity index (χ2n) is 4.72. The Morgan fingerprint density at radius 1 is 1.50 bits per heavy atom. The Labute approximate surface area is 106 Å². The van der Waals surface area contributed by atoms with Crippen LogP contribution < -0.4 is 11.1 Å². The third kappa shape index (κ3) is 2.98. The minimum atomic E-state index is -0.275. The Kier molecular flexibility index (Phi) is 3.81. The van der Waals surface area contributed by atoms with Crippen LogP contribution in [0, 0.1) is 5.82 Å². The molecule has 1 aromatic rings. The maximum Gasteiger partial charge on any atom is 0.317 e. The molecule has 0 spiro atoms. The van der Waals surface area contributed by atoms with Crippen molar-refractivity contribution >= 4 is 6.03 Å². The van der Waals surface area contributed by atoms with E-state index in [4.69, 9.17) is 5.73 Å². The number of carbonyl (C=O) groups excluding carboxylic acids is 1. The van der Waals surface area contributed by atoms with Crippen molar-refractivity contribution in [2.75, 3.05) is 13.1 Å². The topological polar surface area (TPSA) is 58.4 Å². The molecule has 2 atom stereocenters. The summed E-state index contributed by atoms with van der Waals surface area (Å²) >= 11 is 0. The number of halogens is 1. The van der Waals surface area contributed by atoms with Crippen molar-refractivity contribution in [1.29, 1.82) is 0 Å². The average Bonchev–Trinajstić information content (AvgIpc) is 2.76. The Bertz CT molecular complexity index is 421. The van der Waals surface area contributed by atoms with Crippen molar-refractivity contribution < 1.29 is 9.18 Å². The van der Waals surface area contributed by atoms with Gasteiger partial charge in [0.25, 0.3) is 0 Å². The molecule has 3 N–H and O–H groups in total. The highest BCUT2D eigenvalue weighted by Gasteiger charge is 2.24. The molecule has 1 aliphatic rings. The van der Waals surface area contributed by atoms with Crippen molar-refractivity contribution in [2.45, 2.75) is 25.4 Å². The predicted molar refractivity (Wildman–Crippen MR) is 67.5 cm³/mol. The second kappa shape index (κ2) is 5.35. The van der Waals surface area contributed by atoms with Crippen molar-refractivity contribution in [2.24, 2.45) is 5.73 Å². The number of nitrogens with one attached hydrogen (secondary N) is 1. The highest BCUT2D eigenvalue weighted by molar-refractivity contribution is 5.75. The van der Waals surface area contributed by atoms with Gasteiger partial charge in [-0.2, -0.15) is 0 Å². The summed E-state index contributed by atoms with van der Waals surface area (Å²) < 4.78 is 12.8. The van der Waals surface area contributed by atoms with Crippen LogP contribution in [0.4, 0.5) is 9.18 Å². The summed E-state index contributed by atoms with van der Waals surface area (Å²) in [4.78, 5) is 13.6. The number of carbonyl (C=O) groups is 1. The van der Waals surface area contributed by atoms with Gasteiger partial charge in [0.1, 0.15) is 5.82 Å². The summed E-state index contributed by atoms with van der Waals surface area (Å²) in [6, 6.07) is 5.96. The van der Waals surface area contributed by atoms with E-state index >= 15 is 0 Å². The Morgan fingerprint density at radius 3 is 2.72 bits per heavy atom. The van der Waals surface area contributed by atoms with Crippen LogP contribution in [0.3, 0.4) is 0 Å². The first-order chi connectivity index (χ1) is 8.56. The van der Waals surface area contributed by atoms with Crippen LogP contribution >= 0.6 is 0 Å². The second-order valence-corrected chi connectivity index (χ2v) is 4.72. The summed E-state index contributed by atoms with van der Waals surface area (Å²) in [5, 5.41) is 2.89. The molecule has 0 bridgehead atoms. The van der Waals surface area contributed by atoms with Crippen LogP contribution in [-0.4, -0.2) is 30.1 Å². The first-order valence-electron chi connectivity index (χ1n) is 6.13. The van der Waals surface area contributed by atoms with Crippen LogP contribution in [0.25, 0.3) is 0 Å². The summed E-state index contributed by atoms with van der Waals surface area (Å²) in [5.41, 5.74) is 6.64. The number of hydrogen-bond donors (Lipinski definition) is 2. The monoisotopic (exact) mass is 251 g/mol. The van der Waals surface area contributed by atoms with Crippen molar-refractivity contribution in [3.05, 3.63) is 35.6 Å². The molecule has 18 heavy (non-hydrogen) atoms. The molecule has 0 aromatic heterocycles. The van der Waals surface area contributed by atoms with Gasteiger partial charge in [0.05, 0.1) is 6.04 Å². The lowest BCUT2D eigenvalue weighted by molar-refractivity contribution is 0.205. The standard InChI is InChI=1S/C13H18FN3O/c1-9(10-2-4-11(14)5-3-10)16-13(18)17-7-6-12(15)8-17/h2-5,9,12H,6-8,15H2,1H3,(H,16,18)/t9-,12+/m1/s1. The lowest BCUT2D eigenvalue weighted by Gasteiger charge is -2.21. The number of nitrogens with two attached hydrogens (primary N) is 1. The molecule has 98 valence electrons. The summed E-state index contributed by atoms with van der Waals surface area (Å²) in [7, 11) is 0. The summed E-state index contributed by atoms with van der Waals surface area (Å²) in [6.45, 7) is 3.17. The van der Waals surface area contributed by atoms with E-state index in [1.165, 1.54) is 12.1 Å². The van der Waals surface area contributed by atoms with E-state index in [0.717, 1.165) is 12.0 Å². The number of hydrogen-bond acceptors (Lipinski definition) is 2.